The minimum atomic E-state index is 0.00293. The quantitative estimate of drug-likeness (QED) is 0.597. The van der Waals surface area contributed by atoms with Crippen LogP contribution in [0.1, 0.15) is 19.4 Å². The van der Waals surface area contributed by atoms with Crippen LogP contribution in [0.2, 0.25) is 0 Å². The molecule has 0 aliphatic heterocycles. The third-order valence-electron chi connectivity index (χ3n) is 3.32. The summed E-state index contributed by atoms with van der Waals surface area (Å²) in [6, 6.07) is 6.02. The van der Waals surface area contributed by atoms with E-state index in [4.69, 9.17) is 9.47 Å². The van der Waals surface area contributed by atoms with Crippen LogP contribution in [0.25, 0.3) is 0 Å². The summed E-state index contributed by atoms with van der Waals surface area (Å²) in [6.07, 6.45) is 0.819. The van der Waals surface area contributed by atoms with E-state index in [0.29, 0.717) is 5.75 Å². The van der Waals surface area contributed by atoms with Gasteiger partial charge in [-0.25, -0.2) is 0 Å². The second-order valence-electron chi connectivity index (χ2n) is 5.75. The molecule has 7 nitrogen and oxygen atoms in total. The number of thioether (sulfide) groups is 1. The van der Waals surface area contributed by atoms with Gasteiger partial charge < -0.3 is 20.1 Å². The van der Waals surface area contributed by atoms with E-state index in [-0.39, 0.29) is 11.9 Å². The molecule has 0 radical (unpaired) electrons. The van der Waals surface area contributed by atoms with Gasteiger partial charge in [0.15, 0.2) is 15.8 Å². The lowest BCUT2D eigenvalue weighted by molar-refractivity contribution is -0.119. The van der Waals surface area contributed by atoms with Gasteiger partial charge in [-0.1, -0.05) is 29.2 Å². The Morgan fingerprint density at radius 3 is 2.69 bits per heavy atom. The summed E-state index contributed by atoms with van der Waals surface area (Å²) < 4.78 is 11.3. The van der Waals surface area contributed by atoms with E-state index >= 15 is 0 Å². The van der Waals surface area contributed by atoms with E-state index in [2.05, 4.69) is 20.8 Å². The van der Waals surface area contributed by atoms with Gasteiger partial charge in [0.25, 0.3) is 0 Å². The smallest absolute Gasteiger partial charge is 0.230 e. The van der Waals surface area contributed by atoms with Crippen molar-refractivity contribution in [3.05, 3.63) is 23.8 Å². The van der Waals surface area contributed by atoms with E-state index in [1.54, 1.807) is 14.2 Å². The maximum absolute atomic E-state index is 11.7. The van der Waals surface area contributed by atoms with Gasteiger partial charge in [0.2, 0.25) is 11.0 Å². The summed E-state index contributed by atoms with van der Waals surface area (Å²) in [5.41, 5.74) is 1.14. The largest absolute Gasteiger partial charge is 0.493 e. The Labute approximate surface area is 161 Å². The van der Waals surface area contributed by atoms with E-state index in [9.17, 15) is 4.79 Å². The molecule has 0 saturated heterocycles. The van der Waals surface area contributed by atoms with Crippen molar-refractivity contribution in [1.82, 2.24) is 15.5 Å². The lowest BCUT2D eigenvalue weighted by Crippen LogP contribution is -2.31. The molecule has 0 saturated carbocycles. The molecule has 0 fully saturated rings. The van der Waals surface area contributed by atoms with Crippen molar-refractivity contribution in [2.75, 3.05) is 31.8 Å². The van der Waals surface area contributed by atoms with Crippen LogP contribution >= 0.6 is 23.1 Å². The molecule has 0 bridgehead atoms. The predicted molar refractivity (Wildman–Crippen MR) is 106 cm³/mol. The molecular weight excluding hydrogens is 372 g/mol. The topological polar surface area (TPSA) is 85.4 Å². The summed E-state index contributed by atoms with van der Waals surface area (Å²) >= 11 is 2.84. The zero-order valence-corrected chi connectivity index (χ0v) is 17.0. The molecule has 0 unspecified atom stereocenters. The van der Waals surface area contributed by atoms with Crippen molar-refractivity contribution in [1.29, 1.82) is 0 Å². The number of anilines is 1. The molecule has 9 heteroatoms. The van der Waals surface area contributed by atoms with Crippen molar-refractivity contribution in [2.45, 2.75) is 30.6 Å². The Balaban J connectivity index is 1.78. The fraction of sp³-hybridized carbons (Fsp3) is 0.471. The van der Waals surface area contributed by atoms with E-state index < -0.39 is 0 Å². The molecule has 1 amide bonds. The number of nitrogens with one attached hydrogen (secondary N) is 2. The Morgan fingerprint density at radius 2 is 2.00 bits per heavy atom. The highest BCUT2D eigenvalue weighted by molar-refractivity contribution is 8.01. The Kier molecular flexibility index (Phi) is 7.99. The number of aromatic nitrogens is 2. The lowest BCUT2D eigenvalue weighted by atomic mass is 10.1. The first kappa shape index (κ1) is 20.3. The van der Waals surface area contributed by atoms with Crippen LogP contribution in [0, 0.1) is 0 Å². The second-order valence-corrected chi connectivity index (χ2v) is 7.95. The van der Waals surface area contributed by atoms with Gasteiger partial charge in [-0.15, -0.1) is 10.2 Å². The van der Waals surface area contributed by atoms with Gasteiger partial charge >= 0.3 is 0 Å². The monoisotopic (exact) mass is 396 g/mol. The number of amides is 1. The van der Waals surface area contributed by atoms with Crippen molar-refractivity contribution >= 4 is 34.1 Å². The van der Waals surface area contributed by atoms with Crippen LogP contribution in [0.4, 0.5) is 5.13 Å². The summed E-state index contributed by atoms with van der Waals surface area (Å²) in [4.78, 5) is 11.7. The molecule has 1 aromatic carbocycles. The molecule has 0 spiro atoms. The van der Waals surface area contributed by atoms with Gasteiger partial charge in [0.1, 0.15) is 0 Å². The molecular formula is C17H24N4O3S2. The minimum Gasteiger partial charge on any atom is -0.493 e. The van der Waals surface area contributed by atoms with Gasteiger partial charge in [-0.05, 0) is 38.0 Å². The molecule has 2 aromatic rings. The number of ether oxygens (including phenoxy) is 2. The summed E-state index contributed by atoms with van der Waals surface area (Å²) in [5, 5.41) is 15.1. The molecule has 1 aromatic heterocycles. The highest BCUT2D eigenvalue weighted by Gasteiger charge is 2.09. The number of hydrogen-bond acceptors (Lipinski definition) is 8. The Morgan fingerprint density at radius 1 is 1.23 bits per heavy atom. The molecule has 0 aliphatic carbocycles. The summed E-state index contributed by atoms with van der Waals surface area (Å²) in [6.45, 7) is 4.60. The standard InChI is InChI=1S/C17H24N4O3S2/c1-11(2)19-15(22)10-25-17-21-20-16(26-17)18-8-7-12-5-6-13(23-3)14(9-12)24-4/h5-6,9,11H,7-8,10H2,1-4H3,(H,18,20)(H,19,22). The number of methoxy groups -OCH3 is 2. The van der Waals surface area contributed by atoms with E-state index in [1.807, 2.05) is 32.0 Å². The molecule has 142 valence electrons. The van der Waals surface area contributed by atoms with Crippen LogP contribution in [0.15, 0.2) is 22.5 Å². The van der Waals surface area contributed by atoms with Crippen molar-refractivity contribution in [3.63, 3.8) is 0 Å². The van der Waals surface area contributed by atoms with Crippen LogP contribution in [0.3, 0.4) is 0 Å². The Hall–Kier alpha value is -2.00. The van der Waals surface area contributed by atoms with Crippen LogP contribution in [-0.2, 0) is 11.2 Å². The number of nitrogens with zero attached hydrogens (tertiary/aromatic N) is 2. The fourth-order valence-corrected chi connectivity index (χ4v) is 3.77. The van der Waals surface area contributed by atoms with Crippen LogP contribution in [0.5, 0.6) is 11.5 Å². The third kappa shape index (κ3) is 6.38. The summed E-state index contributed by atoms with van der Waals surface area (Å²) in [7, 11) is 3.25. The number of carbonyl (C=O) groups is 1. The number of carbonyl (C=O) groups excluding carboxylic acids is 1. The van der Waals surface area contributed by atoms with Gasteiger partial charge in [-0.2, -0.15) is 0 Å². The molecule has 2 N–H and O–H groups in total. The van der Waals surface area contributed by atoms with Gasteiger partial charge in [0, 0.05) is 12.6 Å². The summed E-state index contributed by atoms with van der Waals surface area (Å²) in [5.74, 6) is 1.79. The van der Waals surface area contributed by atoms with Crippen LogP contribution in [-0.4, -0.2) is 48.7 Å². The molecule has 0 atom stereocenters. The first-order valence-corrected chi connectivity index (χ1v) is 10.0. The van der Waals surface area contributed by atoms with Gasteiger partial charge in [-0.3, -0.25) is 4.79 Å². The molecule has 1 heterocycles. The SMILES string of the molecule is COc1ccc(CCNc2nnc(SCC(=O)NC(C)C)s2)cc1OC. The van der Waals surface area contributed by atoms with Crippen molar-refractivity contribution < 1.29 is 14.3 Å². The number of hydrogen-bond donors (Lipinski definition) is 2. The fourth-order valence-electron chi connectivity index (χ4n) is 2.18. The number of rotatable bonds is 10. The maximum Gasteiger partial charge on any atom is 0.230 e. The number of benzene rings is 1. The zero-order chi connectivity index (χ0) is 18.9. The average Bonchev–Trinajstić information content (AvgIpc) is 3.07. The van der Waals surface area contributed by atoms with Crippen molar-refractivity contribution in [2.24, 2.45) is 0 Å². The Bertz CT molecular complexity index is 722. The normalized spacial score (nSPS) is 10.7. The second kappa shape index (κ2) is 10.2. The first-order valence-electron chi connectivity index (χ1n) is 8.22. The van der Waals surface area contributed by atoms with Crippen LogP contribution < -0.4 is 20.1 Å². The van der Waals surface area contributed by atoms with E-state index in [1.165, 1.54) is 23.1 Å². The molecule has 2 rings (SSSR count). The highest BCUT2D eigenvalue weighted by atomic mass is 32.2. The minimum absolute atomic E-state index is 0.00293. The first-order chi connectivity index (χ1) is 12.5. The van der Waals surface area contributed by atoms with Gasteiger partial charge in [0.05, 0.1) is 20.0 Å². The maximum atomic E-state index is 11.7. The highest BCUT2D eigenvalue weighted by Crippen LogP contribution is 2.28. The van der Waals surface area contributed by atoms with Crippen molar-refractivity contribution in [3.8, 4) is 11.5 Å². The van der Waals surface area contributed by atoms with E-state index in [0.717, 1.165) is 39.5 Å². The zero-order valence-electron chi connectivity index (χ0n) is 15.4. The predicted octanol–water partition coefficient (Wildman–Crippen LogP) is 2.83. The average molecular weight is 397 g/mol. The lowest BCUT2D eigenvalue weighted by Gasteiger charge is -2.09. The third-order valence-corrected chi connectivity index (χ3v) is 5.33. The molecule has 0 aliphatic rings. The molecule has 26 heavy (non-hydrogen) atoms.